The van der Waals surface area contributed by atoms with E-state index in [1.165, 1.54) is 40.6 Å². The highest BCUT2D eigenvalue weighted by molar-refractivity contribution is 7.52. The van der Waals surface area contributed by atoms with Gasteiger partial charge in [-0.25, -0.2) is 4.79 Å². The summed E-state index contributed by atoms with van der Waals surface area (Å²) in [7, 11) is 1.83. The number of carbonyl (C=O) groups excluding carboxylic acids is 3. The van der Waals surface area contributed by atoms with Crippen molar-refractivity contribution < 1.29 is 37.5 Å². The first-order valence-corrected chi connectivity index (χ1v) is 10.2. The largest absolute Gasteiger partial charge is 0.469 e. The van der Waals surface area contributed by atoms with Gasteiger partial charge in [0.25, 0.3) is 5.91 Å². The minimum Gasteiger partial charge on any atom is -0.469 e. The number of amides is 1. The Kier molecular flexibility index (Phi) is 9.31. The minimum absolute atomic E-state index is 0.0567. The number of carbonyl (C=O) groups is 3. The second-order valence-electron chi connectivity index (χ2n) is 6.06. The van der Waals surface area contributed by atoms with Crippen LogP contribution in [0.5, 0.6) is 0 Å². The molecule has 0 aromatic heterocycles. The van der Waals surface area contributed by atoms with Gasteiger partial charge in [0.05, 0.1) is 26.8 Å². The maximum absolute atomic E-state index is 12.5. The summed E-state index contributed by atoms with van der Waals surface area (Å²) >= 11 is 0. The van der Waals surface area contributed by atoms with Crippen LogP contribution < -0.4 is 5.32 Å². The number of ether oxygens (including phenoxy) is 2. The number of nitrogens with one attached hydrogen (secondary N) is 1. The Bertz CT molecular complexity index is 726. The summed E-state index contributed by atoms with van der Waals surface area (Å²) in [6.07, 6.45) is 0.00164. The summed E-state index contributed by atoms with van der Waals surface area (Å²) in [5.41, 5.74) is 0.944. The van der Waals surface area contributed by atoms with E-state index >= 15 is 0 Å². The highest BCUT2D eigenvalue weighted by Crippen LogP contribution is 2.49. The Morgan fingerprint density at radius 2 is 1.57 bits per heavy atom. The molecule has 0 saturated carbocycles. The van der Waals surface area contributed by atoms with E-state index < -0.39 is 37.4 Å². The normalized spacial score (nSPS) is 13.3. The van der Waals surface area contributed by atoms with E-state index in [0.29, 0.717) is 5.56 Å². The zero-order valence-corrected chi connectivity index (χ0v) is 17.5. The predicted molar refractivity (Wildman–Crippen MR) is 101 cm³/mol. The Hall–Kier alpha value is -2.22. The van der Waals surface area contributed by atoms with E-state index in [-0.39, 0.29) is 18.1 Å². The molecule has 0 unspecified atom stereocenters. The molecule has 156 valence electrons. The zero-order valence-electron chi connectivity index (χ0n) is 16.6. The summed E-state index contributed by atoms with van der Waals surface area (Å²) in [5, 5.41) is 2.58. The highest BCUT2D eigenvalue weighted by Gasteiger charge is 2.30. The smallest absolute Gasteiger partial charge is 0.334 e. The maximum Gasteiger partial charge on any atom is 0.334 e. The molecule has 0 spiro atoms. The van der Waals surface area contributed by atoms with Crippen molar-refractivity contribution in [1.82, 2.24) is 5.32 Å². The van der Waals surface area contributed by atoms with Crippen LogP contribution in [0.4, 0.5) is 0 Å². The maximum atomic E-state index is 12.5. The molecule has 0 aliphatic carbocycles. The molecule has 1 aromatic carbocycles. The number of esters is 2. The van der Waals surface area contributed by atoms with Crippen LogP contribution >= 0.6 is 7.60 Å². The molecule has 28 heavy (non-hydrogen) atoms. The molecule has 2 atom stereocenters. The zero-order chi connectivity index (χ0) is 21.3. The van der Waals surface area contributed by atoms with Gasteiger partial charge in [0.1, 0.15) is 6.04 Å². The topological polar surface area (TPSA) is 117 Å². The van der Waals surface area contributed by atoms with Gasteiger partial charge in [0, 0.05) is 19.8 Å². The molecule has 1 N–H and O–H groups in total. The van der Waals surface area contributed by atoms with Crippen LogP contribution in [0.3, 0.4) is 0 Å². The van der Waals surface area contributed by atoms with Gasteiger partial charge in [0.15, 0.2) is 0 Å². The van der Waals surface area contributed by atoms with Crippen molar-refractivity contribution in [1.29, 1.82) is 0 Å². The highest BCUT2D eigenvalue weighted by atomic mass is 31.2. The summed E-state index contributed by atoms with van der Waals surface area (Å²) in [6.45, 7) is 1.63. The number of benzene rings is 1. The standard InChI is InChI=1S/C18H26NO8P/c1-12(10-15(20)24-2)16(18(22)25-3)19-17(21)14-8-6-13(7-9-14)11-28(23,26-4)27-5/h6-9,12,16H,10-11H2,1-5H3,(H,19,21)/t12-,16-/m1/s1. The van der Waals surface area contributed by atoms with Crippen LogP contribution in [0.15, 0.2) is 24.3 Å². The molecular formula is C18H26NO8P. The average molecular weight is 415 g/mol. The average Bonchev–Trinajstić information content (AvgIpc) is 2.71. The van der Waals surface area contributed by atoms with Crippen LogP contribution in [0.25, 0.3) is 0 Å². The molecular weight excluding hydrogens is 389 g/mol. The van der Waals surface area contributed by atoms with Gasteiger partial charge in [-0.15, -0.1) is 0 Å². The summed E-state index contributed by atoms with van der Waals surface area (Å²) in [4.78, 5) is 36.0. The second-order valence-corrected chi connectivity index (χ2v) is 8.33. The fraction of sp³-hybridized carbons (Fsp3) is 0.500. The number of methoxy groups -OCH3 is 2. The molecule has 0 aliphatic rings. The van der Waals surface area contributed by atoms with Gasteiger partial charge in [-0.05, 0) is 23.6 Å². The van der Waals surface area contributed by atoms with Crippen molar-refractivity contribution in [2.24, 2.45) is 5.92 Å². The fourth-order valence-electron chi connectivity index (χ4n) is 2.44. The SMILES string of the molecule is COC(=O)C[C@@H](C)[C@@H](NC(=O)c1ccc(CP(=O)(OC)OC)cc1)C(=O)OC. The minimum atomic E-state index is -3.22. The van der Waals surface area contributed by atoms with E-state index in [1.54, 1.807) is 19.1 Å². The van der Waals surface area contributed by atoms with Crippen LogP contribution in [0, 0.1) is 5.92 Å². The molecule has 0 fully saturated rings. The van der Waals surface area contributed by atoms with Gasteiger partial charge < -0.3 is 23.8 Å². The Balaban J connectivity index is 2.89. The quantitative estimate of drug-likeness (QED) is 0.456. The van der Waals surface area contributed by atoms with Crippen LogP contribution in [0.2, 0.25) is 0 Å². The molecule has 0 radical (unpaired) electrons. The summed E-state index contributed by atoms with van der Waals surface area (Å²) < 4.78 is 31.3. The van der Waals surface area contributed by atoms with Crippen LogP contribution in [-0.4, -0.2) is 52.3 Å². The molecule has 1 rings (SSSR count). The molecule has 1 amide bonds. The van der Waals surface area contributed by atoms with Crippen molar-refractivity contribution in [2.75, 3.05) is 28.4 Å². The molecule has 0 heterocycles. The van der Waals surface area contributed by atoms with Crippen LogP contribution in [0.1, 0.15) is 29.3 Å². The van der Waals surface area contributed by atoms with Gasteiger partial charge in [0.2, 0.25) is 0 Å². The van der Waals surface area contributed by atoms with E-state index in [4.69, 9.17) is 13.8 Å². The Morgan fingerprint density at radius 1 is 1.00 bits per heavy atom. The summed E-state index contributed by atoms with van der Waals surface area (Å²) in [5.74, 6) is -2.21. The van der Waals surface area contributed by atoms with Crippen molar-refractivity contribution in [3.05, 3.63) is 35.4 Å². The lowest BCUT2D eigenvalue weighted by atomic mass is 9.97. The molecule has 10 heteroatoms. The summed E-state index contributed by atoms with van der Waals surface area (Å²) in [6, 6.07) is 5.27. The molecule has 0 bridgehead atoms. The third-order valence-corrected chi connectivity index (χ3v) is 6.04. The lowest BCUT2D eigenvalue weighted by molar-refractivity contribution is -0.146. The molecule has 0 saturated heterocycles. The first-order chi connectivity index (χ1) is 13.2. The number of rotatable bonds is 10. The van der Waals surface area contributed by atoms with E-state index in [0.717, 1.165) is 0 Å². The van der Waals surface area contributed by atoms with E-state index in [9.17, 15) is 18.9 Å². The van der Waals surface area contributed by atoms with Crippen molar-refractivity contribution in [3.63, 3.8) is 0 Å². The van der Waals surface area contributed by atoms with Crippen molar-refractivity contribution >= 4 is 25.4 Å². The Labute approximate surface area is 164 Å². The number of hydrogen-bond donors (Lipinski definition) is 1. The van der Waals surface area contributed by atoms with E-state index in [1.807, 2.05) is 0 Å². The van der Waals surface area contributed by atoms with Gasteiger partial charge >= 0.3 is 19.5 Å². The van der Waals surface area contributed by atoms with Gasteiger partial charge in [-0.2, -0.15) is 0 Å². The predicted octanol–water partition coefficient (Wildman–Crippen LogP) is 2.14. The van der Waals surface area contributed by atoms with Crippen LogP contribution in [-0.2, 0) is 38.8 Å². The lowest BCUT2D eigenvalue weighted by Gasteiger charge is -2.22. The van der Waals surface area contributed by atoms with Gasteiger partial charge in [-0.3, -0.25) is 14.2 Å². The van der Waals surface area contributed by atoms with E-state index in [2.05, 4.69) is 10.1 Å². The molecule has 9 nitrogen and oxygen atoms in total. The number of hydrogen-bond acceptors (Lipinski definition) is 8. The fourth-order valence-corrected chi connectivity index (χ4v) is 3.50. The molecule has 1 aromatic rings. The third-order valence-electron chi connectivity index (χ3n) is 4.18. The first kappa shape index (κ1) is 23.8. The van der Waals surface area contributed by atoms with Gasteiger partial charge in [-0.1, -0.05) is 19.1 Å². The monoisotopic (exact) mass is 415 g/mol. The lowest BCUT2D eigenvalue weighted by Crippen LogP contribution is -2.46. The third kappa shape index (κ3) is 6.74. The molecule has 0 aliphatic heterocycles. The Morgan fingerprint density at radius 3 is 2.04 bits per heavy atom. The first-order valence-electron chi connectivity index (χ1n) is 8.44. The van der Waals surface area contributed by atoms with Crippen molar-refractivity contribution in [2.45, 2.75) is 25.5 Å². The second kappa shape index (κ2) is 10.9. The van der Waals surface area contributed by atoms with Crippen molar-refractivity contribution in [3.8, 4) is 0 Å².